The van der Waals surface area contributed by atoms with Gasteiger partial charge in [-0.2, -0.15) is 0 Å². The normalized spacial score (nSPS) is 43.3. The van der Waals surface area contributed by atoms with Gasteiger partial charge < -0.3 is 10.2 Å². The minimum atomic E-state index is -0.0463. The Morgan fingerprint density at radius 2 is 1.50 bits per heavy atom. The van der Waals surface area contributed by atoms with E-state index in [1.165, 1.54) is 32.1 Å². The van der Waals surface area contributed by atoms with E-state index in [-0.39, 0.29) is 6.10 Å². The fourth-order valence-corrected chi connectivity index (χ4v) is 3.35. The molecule has 2 saturated carbocycles. The minimum Gasteiger partial charge on any atom is -0.396 e. The van der Waals surface area contributed by atoms with Crippen LogP contribution in [0.1, 0.15) is 44.9 Å². The van der Waals surface area contributed by atoms with Crippen LogP contribution in [0.3, 0.4) is 0 Å². The Morgan fingerprint density at radius 3 is 2.14 bits per heavy atom. The zero-order valence-corrected chi connectivity index (χ0v) is 8.86. The molecule has 14 heavy (non-hydrogen) atoms. The average molecular weight is 198 g/mol. The molecule has 0 radical (unpaired) electrons. The third-order valence-electron chi connectivity index (χ3n) is 4.28. The summed E-state index contributed by atoms with van der Waals surface area (Å²) in [7, 11) is 0. The Balaban J connectivity index is 1.83. The van der Waals surface area contributed by atoms with Crippen molar-refractivity contribution in [3.8, 4) is 0 Å². The number of aliphatic hydroxyl groups is 2. The average Bonchev–Trinajstić information content (AvgIpc) is 2.77. The van der Waals surface area contributed by atoms with Crippen molar-refractivity contribution in [2.75, 3.05) is 6.61 Å². The van der Waals surface area contributed by atoms with Crippen LogP contribution in [0, 0.1) is 17.8 Å². The summed E-state index contributed by atoms with van der Waals surface area (Å²) in [6.45, 7) is 0.355. The highest BCUT2D eigenvalue weighted by molar-refractivity contribution is 4.84. The second kappa shape index (κ2) is 4.63. The predicted molar refractivity (Wildman–Crippen MR) is 55.9 cm³/mol. The van der Waals surface area contributed by atoms with Crippen LogP contribution in [0.2, 0.25) is 0 Å². The van der Waals surface area contributed by atoms with Gasteiger partial charge in [-0.25, -0.2) is 0 Å². The second-order valence-electron chi connectivity index (χ2n) is 5.13. The first-order valence-corrected chi connectivity index (χ1v) is 6.10. The third-order valence-corrected chi connectivity index (χ3v) is 4.28. The SMILES string of the molecule is OCC1CCCC1CC1CCCC1O. The molecule has 82 valence electrons. The molecule has 2 nitrogen and oxygen atoms in total. The molecule has 0 bridgehead atoms. The lowest BCUT2D eigenvalue weighted by Crippen LogP contribution is -2.20. The molecule has 2 rings (SSSR count). The van der Waals surface area contributed by atoms with Crippen molar-refractivity contribution in [3.05, 3.63) is 0 Å². The summed E-state index contributed by atoms with van der Waals surface area (Å²) >= 11 is 0. The Labute approximate surface area is 86.3 Å². The Kier molecular flexibility index (Phi) is 3.45. The fourth-order valence-electron chi connectivity index (χ4n) is 3.35. The standard InChI is InChI=1S/C12H22O2/c13-8-11-5-1-3-9(11)7-10-4-2-6-12(10)14/h9-14H,1-8H2. The number of aliphatic hydroxyl groups excluding tert-OH is 2. The van der Waals surface area contributed by atoms with E-state index in [1.807, 2.05) is 0 Å². The highest BCUT2D eigenvalue weighted by Crippen LogP contribution is 2.40. The van der Waals surface area contributed by atoms with Crippen LogP contribution < -0.4 is 0 Å². The third kappa shape index (κ3) is 2.12. The van der Waals surface area contributed by atoms with E-state index in [4.69, 9.17) is 0 Å². The molecular formula is C12H22O2. The molecule has 2 aliphatic carbocycles. The molecule has 0 saturated heterocycles. The van der Waals surface area contributed by atoms with E-state index in [9.17, 15) is 10.2 Å². The Bertz CT molecular complexity index is 181. The monoisotopic (exact) mass is 198 g/mol. The lowest BCUT2D eigenvalue weighted by molar-refractivity contribution is 0.103. The smallest absolute Gasteiger partial charge is 0.0568 e. The zero-order chi connectivity index (χ0) is 9.97. The van der Waals surface area contributed by atoms with Gasteiger partial charge >= 0.3 is 0 Å². The first-order valence-electron chi connectivity index (χ1n) is 6.10. The maximum Gasteiger partial charge on any atom is 0.0568 e. The number of hydrogen-bond donors (Lipinski definition) is 2. The van der Waals surface area contributed by atoms with Gasteiger partial charge in [0.15, 0.2) is 0 Å². The molecular weight excluding hydrogens is 176 g/mol. The van der Waals surface area contributed by atoms with Crippen molar-refractivity contribution in [2.24, 2.45) is 17.8 Å². The highest BCUT2D eigenvalue weighted by Gasteiger charge is 2.33. The van der Waals surface area contributed by atoms with E-state index < -0.39 is 0 Å². The van der Waals surface area contributed by atoms with Crippen LogP contribution in [-0.2, 0) is 0 Å². The van der Waals surface area contributed by atoms with Crippen LogP contribution in [0.15, 0.2) is 0 Å². The van der Waals surface area contributed by atoms with E-state index in [0.29, 0.717) is 24.4 Å². The molecule has 4 unspecified atom stereocenters. The summed E-state index contributed by atoms with van der Waals surface area (Å²) in [5, 5.41) is 19.0. The lowest BCUT2D eigenvalue weighted by Gasteiger charge is -2.23. The molecule has 4 atom stereocenters. The van der Waals surface area contributed by atoms with Gasteiger partial charge in [0.2, 0.25) is 0 Å². The molecule has 0 aromatic heterocycles. The first-order chi connectivity index (χ1) is 6.81. The fraction of sp³-hybridized carbons (Fsp3) is 1.00. The maximum atomic E-state index is 9.75. The van der Waals surface area contributed by atoms with Gasteiger partial charge in [-0.15, -0.1) is 0 Å². The summed E-state index contributed by atoms with van der Waals surface area (Å²) in [5.74, 6) is 1.76. The van der Waals surface area contributed by atoms with Crippen molar-refractivity contribution in [3.63, 3.8) is 0 Å². The molecule has 0 aromatic rings. The van der Waals surface area contributed by atoms with Gasteiger partial charge in [0, 0.05) is 6.61 Å². The molecule has 0 amide bonds. The quantitative estimate of drug-likeness (QED) is 0.727. The van der Waals surface area contributed by atoms with Gasteiger partial charge in [-0.3, -0.25) is 0 Å². The van der Waals surface area contributed by atoms with E-state index >= 15 is 0 Å². The Hall–Kier alpha value is -0.0800. The van der Waals surface area contributed by atoms with Gasteiger partial charge in [-0.1, -0.05) is 19.3 Å². The van der Waals surface area contributed by atoms with E-state index in [2.05, 4.69) is 0 Å². The second-order valence-corrected chi connectivity index (χ2v) is 5.13. The summed E-state index contributed by atoms with van der Waals surface area (Å²) in [6.07, 6.45) is 8.26. The number of rotatable bonds is 3. The minimum absolute atomic E-state index is 0.0463. The Morgan fingerprint density at radius 1 is 0.857 bits per heavy atom. The van der Waals surface area contributed by atoms with Crippen LogP contribution in [0.25, 0.3) is 0 Å². The van der Waals surface area contributed by atoms with Crippen molar-refractivity contribution in [2.45, 2.75) is 51.0 Å². The van der Waals surface area contributed by atoms with Crippen LogP contribution >= 0.6 is 0 Å². The van der Waals surface area contributed by atoms with Crippen molar-refractivity contribution in [1.29, 1.82) is 0 Å². The largest absolute Gasteiger partial charge is 0.396 e. The summed E-state index contributed by atoms with van der Waals surface area (Å²) in [4.78, 5) is 0. The van der Waals surface area contributed by atoms with Gasteiger partial charge in [0.1, 0.15) is 0 Å². The van der Waals surface area contributed by atoms with Gasteiger partial charge in [-0.05, 0) is 43.4 Å². The molecule has 0 aliphatic heterocycles. The van der Waals surface area contributed by atoms with E-state index in [1.54, 1.807) is 0 Å². The van der Waals surface area contributed by atoms with Crippen molar-refractivity contribution in [1.82, 2.24) is 0 Å². The van der Waals surface area contributed by atoms with Gasteiger partial charge in [0.25, 0.3) is 0 Å². The van der Waals surface area contributed by atoms with Crippen molar-refractivity contribution >= 4 is 0 Å². The van der Waals surface area contributed by atoms with Crippen LogP contribution in [-0.4, -0.2) is 22.9 Å². The summed E-state index contributed by atoms with van der Waals surface area (Å²) in [5.41, 5.74) is 0. The van der Waals surface area contributed by atoms with E-state index in [0.717, 1.165) is 12.8 Å². The number of hydrogen-bond acceptors (Lipinski definition) is 2. The molecule has 0 heterocycles. The van der Waals surface area contributed by atoms with Crippen LogP contribution in [0.4, 0.5) is 0 Å². The molecule has 0 aromatic carbocycles. The zero-order valence-electron chi connectivity index (χ0n) is 8.86. The first kappa shape index (κ1) is 10.4. The molecule has 2 heteroatoms. The molecule has 2 aliphatic rings. The lowest BCUT2D eigenvalue weighted by atomic mass is 9.85. The summed E-state index contributed by atoms with van der Waals surface area (Å²) in [6, 6.07) is 0. The maximum absolute atomic E-state index is 9.75. The summed E-state index contributed by atoms with van der Waals surface area (Å²) < 4.78 is 0. The molecule has 2 fully saturated rings. The van der Waals surface area contributed by atoms with Crippen LogP contribution in [0.5, 0.6) is 0 Å². The van der Waals surface area contributed by atoms with Crippen molar-refractivity contribution < 1.29 is 10.2 Å². The highest BCUT2D eigenvalue weighted by atomic mass is 16.3. The topological polar surface area (TPSA) is 40.5 Å². The van der Waals surface area contributed by atoms with Gasteiger partial charge in [0.05, 0.1) is 6.10 Å². The molecule has 2 N–H and O–H groups in total. The molecule has 0 spiro atoms. The predicted octanol–water partition coefficient (Wildman–Crippen LogP) is 1.95.